The standard InChI is InChI=1S/C32H23Br/c33-31-21-19-28(20-22-31)27-15-17-30(18-16-27)32(29-9-5-2-6-10-29)23-24-11-13-26(14-12-24)25-7-3-1-4-8-25/h1-23H/b32-23+. The maximum atomic E-state index is 3.52. The van der Waals surface area contributed by atoms with E-state index in [0.717, 1.165) is 4.47 Å². The Bertz CT molecular complexity index is 1350. The lowest BCUT2D eigenvalue weighted by Gasteiger charge is -2.11. The SMILES string of the molecule is Brc1ccc(-c2ccc(/C(=C/c3ccc(-c4ccccc4)cc3)c3ccccc3)cc2)cc1. The number of rotatable bonds is 5. The summed E-state index contributed by atoms with van der Waals surface area (Å²) in [5, 5.41) is 0. The molecule has 0 saturated carbocycles. The van der Waals surface area contributed by atoms with Crippen LogP contribution in [0.3, 0.4) is 0 Å². The number of benzene rings is 5. The minimum absolute atomic E-state index is 1.09. The lowest BCUT2D eigenvalue weighted by Crippen LogP contribution is -1.89. The lowest BCUT2D eigenvalue weighted by atomic mass is 9.93. The molecule has 0 saturated heterocycles. The first kappa shape index (κ1) is 21.2. The highest BCUT2D eigenvalue weighted by Gasteiger charge is 2.07. The first-order chi connectivity index (χ1) is 16.3. The van der Waals surface area contributed by atoms with Gasteiger partial charge in [0.05, 0.1) is 0 Å². The van der Waals surface area contributed by atoms with Crippen molar-refractivity contribution in [3.05, 3.63) is 155 Å². The highest BCUT2D eigenvalue weighted by molar-refractivity contribution is 9.10. The van der Waals surface area contributed by atoms with Gasteiger partial charge in [-0.15, -0.1) is 0 Å². The van der Waals surface area contributed by atoms with Crippen LogP contribution >= 0.6 is 15.9 Å². The van der Waals surface area contributed by atoms with Gasteiger partial charge in [-0.25, -0.2) is 0 Å². The average Bonchev–Trinajstić information content (AvgIpc) is 2.89. The third-order valence-electron chi connectivity index (χ3n) is 5.79. The molecule has 0 aliphatic heterocycles. The third kappa shape index (κ3) is 5.05. The van der Waals surface area contributed by atoms with Gasteiger partial charge in [-0.2, -0.15) is 0 Å². The molecule has 5 aromatic carbocycles. The van der Waals surface area contributed by atoms with E-state index in [2.05, 4.69) is 155 Å². The number of hydrogen-bond donors (Lipinski definition) is 0. The van der Waals surface area contributed by atoms with Gasteiger partial charge in [0, 0.05) is 4.47 Å². The van der Waals surface area contributed by atoms with E-state index in [1.165, 1.54) is 44.5 Å². The predicted molar refractivity (Wildman–Crippen MR) is 145 cm³/mol. The summed E-state index contributed by atoms with van der Waals surface area (Å²) >= 11 is 3.52. The molecule has 0 unspecified atom stereocenters. The molecule has 33 heavy (non-hydrogen) atoms. The van der Waals surface area contributed by atoms with Gasteiger partial charge in [-0.05, 0) is 62.7 Å². The second kappa shape index (κ2) is 9.85. The highest BCUT2D eigenvalue weighted by Crippen LogP contribution is 2.30. The Morgan fingerprint density at radius 3 is 1.42 bits per heavy atom. The first-order valence-electron chi connectivity index (χ1n) is 11.1. The van der Waals surface area contributed by atoms with Crippen molar-refractivity contribution in [2.45, 2.75) is 0 Å². The van der Waals surface area contributed by atoms with E-state index < -0.39 is 0 Å². The van der Waals surface area contributed by atoms with E-state index in [1.54, 1.807) is 0 Å². The zero-order chi connectivity index (χ0) is 22.5. The Kier molecular flexibility index (Phi) is 6.32. The fraction of sp³-hybridized carbons (Fsp3) is 0. The minimum atomic E-state index is 1.09. The molecule has 0 N–H and O–H groups in total. The summed E-state index contributed by atoms with van der Waals surface area (Å²) in [4.78, 5) is 0. The zero-order valence-corrected chi connectivity index (χ0v) is 19.7. The lowest BCUT2D eigenvalue weighted by molar-refractivity contribution is 1.53. The molecule has 158 valence electrons. The highest BCUT2D eigenvalue weighted by atomic mass is 79.9. The van der Waals surface area contributed by atoms with Crippen LogP contribution in [0, 0.1) is 0 Å². The van der Waals surface area contributed by atoms with Crippen molar-refractivity contribution in [3.63, 3.8) is 0 Å². The van der Waals surface area contributed by atoms with Gasteiger partial charge < -0.3 is 0 Å². The van der Waals surface area contributed by atoms with Crippen LogP contribution in [0.4, 0.5) is 0 Å². The van der Waals surface area contributed by atoms with Gasteiger partial charge in [0.25, 0.3) is 0 Å². The molecule has 0 aromatic heterocycles. The smallest absolute Gasteiger partial charge is 0.0175 e. The summed E-state index contributed by atoms with van der Waals surface area (Å²) in [5.41, 5.74) is 9.70. The first-order valence-corrected chi connectivity index (χ1v) is 11.8. The summed E-state index contributed by atoms with van der Waals surface area (Å²) in [6, 6.07) is 47.2. The second-order valence-corrected chi connectivity index (χ2v) is 8.91. The molecule has 0 nitrogen and oxygen atoms in total. The van der Waals surface area contributed by atoms with Gasteiger partial charge in [0.1, 0.15) is 0 Å². The molecule has 0 amide bonds. The summed E-state index contributed by atoms with van der Waals surface area (Å²) in [7, 11) is 0. The number of hydrogen-bond acceptors (Lipinski definition) is 0. The Morgan fingerprint density at radius 2 is 0.848 bits per heavy atom. The van der Waals surface area contributed by atoms with Crippen LogP contribution in [0.5, 0.6) is 0 Å². The Balaban J connectivity index is 1.50. The molecule has 0 atom stereocenters. The molecule has 5 rings (SSSR count). The number of halogens is 1. The van der Waals surface area contributed by atoms with Crippen molar-refractivity contribution >= 4 is 27.6 Å². The maximum Gasteiger partial charge on any atom is 0.0175 e. The van der Waals surface area contributed by atoms with Crippen LogP contribution in [0.1, 0.15) is 16.7 Å². The van der Waals surface area contributed by atoms with Gasteiger partial charge >= 0.3 is 0 Å². The van der Waals surface area contributed by atoms with E-state index in [9.17, 15) is 0 Å². The van der Waals surface area contributed by atoms with Crippen LogP contribution in [0.15, 0.2) is 138 Å². The molecule has 0 fully saturated rings. The summed E-state index contributed by atoms with van der Waals surface area (Å²) in [5.74, 6) is 0. The van der Waals surface area contributed by atoms with E-state index in [-0.39, 0.29) is 0 Å². The Morgan fingerprint density at radius 1 is 0.424 bits per heavy atom. The van der Waals surface area contributed by atoms with Gasteiger partial charge in [-0.1, -0.05) is 137 Å². The van der Waals surface area contributed by atoms with Gasteiger partial charge in [-0.3, -0.25) is 0 Å². The van der Waals surface area contributed by atoms with Crippen molar-refractivity contribution in [3.8, 4) is 22.3 Å². The summed E-state index contributed by atoms with van der Waals surface area (Å²) in [6.45, 7) is 0. The zero-order valence-electron chi connectivity index (χ0n) is 18.2. The Labute approximate surface area is 204 Å². The topological polar surface area (TPSA) is 0 Å². The molecule has 0 aliphatic carbocycles. The molecule has 0 spiro atoms. The molecular formula is C32H23Br. The van der Waals surface area contributed by atoms with Crippen LogP contribution in [0.2, 0.25) is 0 Å². The van der Waals surface area contributed by atoms with E-state index in [0.29, 0.717) is 0 Å². The van der Waals surface area contributed by atoms with Crippen LogP contribution in [-0.4, -0.2) is 0 Å². The quantitative estimate of drug-likeness (QED) is 0.217. The molecule has 0 heterocycles. The fourth-order valence-corrected chi connectivity index (χ4v) is 4.27. The van der Waals surface area contributed by atoms with E-state index >= 15 is 0 Å². The Hall–Kier alpha value is -3.68. The van der Waals surface area contributed by atoms with E-state index in [1.807, 2.05) is 0 Å². The monoisotopic (exact) mass is 486 g/mol. The van der Waals surface area contributed by atoms with Crippen LogP contribution in [-0.2, 0) is 0 Å². The third-order valence-corrected chi connectivity index (χ3v) is 6.32. The van der Waals surface area contributed by atoms with Crippen LogP contribution in [0.25, 0.3) is 33.9 Å². The predicted octanol–water partition coefficient (Wildman–Crippen LogP) is 9.37. The fourth-order valence-electron chi connectivity index (χ4n) is 4.00. The largest absolute Gasteiger partial charge is 0.0622 e. The molecule has 5 aromatic rings. The molecule has 0 radical (unpaired) electrons. The minimum Gasteiger partial charge on any atom is -0.0622 e. The molecule has 1 heteroatoms. The second-order valence-electron chi connectivity index (χ2n) is 8.00. The summed E-state index contributed by atoms with van der Waals surface area (Å²) in [6.07, 6.45) is 2.28. The van der Waals surface area contributed by atoms with Crippen molar-refractivity contribution < 1.29 is 0 Å². The maximum absolute atomic E-state index is 3.52. The molecule has 0 aliphatic rings. The molecule has 0 bridgehead atoms. The van der Waals surface area contributed by atoms with Gasteiger partial charge in [0.2, 0.25) is 0 Å². The van der Waals surface area contributed by atoms with Crippen molar-refractivity contribution in [1.82, 2.24) is 0 Å². The van der Waals surface area contributed by atoms with Crippen molar-refractivity contribution in [2.24, 2.45) is 0 Å². The van der Waals surface area contributed by atoms with Crippen molar-refractivity contribution in [1.29, 1.82) is 0 Å². The summed E-state index contributed by atoms with van der Waals surface area (Å²) < 4.78 is 1.09. The average molecular weight is 487 g/mol. The van der Waals surface area contributed by atoms with E-state index in [4.69, 9.17) is 0 Å². The van der Waals surface area contributed by atoms with Crippen LogP contribution < -0.4 is 0 Å². The molecular weight excluding hydrogens is 464 g/mol. The van der Waals surface area contributed by atoms with Gasteiger partial charge in [0.15, 0.2) is 0 Å². The van der Waals surface area contributed by atoms with Crippen molar-refractivity contribution in [2.75, 3.05) is 0 Å². The normalized spacial score (nSPS) is 11.4.